The number of aromatic nitrogens is 4. The predicted molar refractivity (Wildman–Crippen MR) is 111 cm³/mol. The number of methoxy groups -OCH3 is 1. The molecule has 0 atom stereocenters. The van der Waals surface area contributed by atoms with Gasteiger partial charge in [0.15, 0.2) is 0 Å². The quantitative estimate of drug-likeness (QED) is 0.475. The molecule has 0 saturated heterocycles. The first-order valence-corrected chi connectivity index (χ1v) is 9.33. The first kappa shape index (κ1) is 19.4. The molecule has 8 nitrogen and oxygen atoms in total. The molecular weight excluding hydrogens is 384 g/mol. The summed E-state index contributed by atoms with van der Waals surface area (Å²) in [5.41, 5.74) is 1.96. The van der Waals surface area contributed by atoms with E-state index in [2.05, 4.69) is 10.1 Å². The average Bonchev–Trinajstić information content (AvgIpc) is 3.21. The molecule has 8 heteroatoms. The molecule has 0 saturated carbocycles. The van der Waals surface area contributed by atoms with E-state index < -0.39 is 11.1 Å². The van der Waals surface area contributed by atoms with Crippen LogP contribution in [-0.4, -0.2) is 26.4 Å². The lowest BCUT2D eigenvalue weighted by molar-refractivity contribution is 0.369. The average molecular weight is 404 g/mol. The topological polar surface area (TPSA) is 92.2 Å². The van der Waals surface area contributed by atoms with Crippen molar-refractivity contribution in [2.24, 2.45) is 0 Å². The van der Waals surface area contributed by atoms with Crippen LogP contribution in [0.3, 0.4) is 0 Å². The second-order valence-corrected chi connectivity index (χ2v) is 6.89. The molecule has 0 spiro atoms. The van der Waals surface area contributed by atoms with Gasteiger partial charge in [-0.05, 0) is 37.1 Å². The van der Waals surface area contributed by atoms with E-state index in [4.69, 9.17) is 9.26 Å². The Morgan fingerprint density at radius 2 is 1.73 bits per heavy atom. The van der Waals surface area contributed by atoms with Crippen molar-refractivity contribution >= 4 is 0 Å². The fraction of sp³-hybridized carbons (Fsp3) is 0.182. The van der Waals surface area contributed by atoms with Crippen molar-refractivity contribution in [1.29, 1.82) is 0 Å². The Bertz CT molecular complexity index is 1310. The Hall–Kier alpha value is -3.94. The molecule has 0 radical (unpaired) electrons. The number of para-hydroxylation sites is 1. The van der Waals surface area contributed by atoms with Crippen molar-refractivity contribution in [2.75, 3.05) is 7.11 Å². The predicted octanol–water partition coefficient (Wildman–Crippen LogP) is 2.72. The number of hydrogen-bond donors (Lipinski definition) is 0. The van der Waals surface area contributed by atoms with Gasteiger partial charge in [0.05, 0.1) is 12.8 Å². The molecule has 0 aliphatic carbocycles. The highest BCUT2D eigenvalue weighted by Crippen LogP contribution is 2.21. The summed E-state index contributed by atoms with van der Waals surface area (Å²) in [6.07, 6.45) is 3.13. The van der Waals surface area contributed by atoms with Crippen LogP contribution in [0.5, 0.6) is 5.75 Å². The first-order chi connectivity index (χ1) is 14.5. The van der Waals surface area contributed by atoms with Gasteiger partial charge in [0.25, 0.3) is 0 Å². The van der Waals surface area contributed by atoms with E-state index in [0.29, 0.717) is 17.3 Å². The van der Waals surface area contributed by atoms with Gasteiger partial charge in [0, 0.05) is 18.0 Å². The lowest BCUT2D eigenvalue weighted by atomic mass is 10.1. The molecule has 0 aliphatic heterocycles. The Morgan fingerprint density at radius 1 is 1.00 bits per heavy atom. The second-order valence-electron chi connectivity index (χ2n) is 6.89. The molecule has 0 unspecified atom stereocenters. The zero-order valence-electron chi connectivity index (χ0n) is 16.8. The van der Waals surface area contributed by atoms with Crippen molar-refractivity contribution in [3.8, 4) is 22.8 Å². The van der Waals surface area contributed by atoms with Gasteiger partial charge in [-0.1, -0.05) is 35.5 Å². The van der Waals surface area contributed by atoms with Crippen LogP contribution in [0.4, 0.5) is 0 Å². The van der Waals surface area contributed by atoms with Crippen LogP contribution in [0.25, 0.3) is 17.1 Å². The van der Waals surface area contributed by atoms with Gasteiger partial charge in [-0.25, -0.2) is 0 Å². The lowest BCUT2D eigenvalue weighted by Gasteiger charge is -2.12. The fourth-order valence-corrected chi connectivity index (χ4v) is 3.34. The van der Waals surface area contributed by atoms with Crippen LogP contribution in [0, 0.1) is 13.8 Å². The number of nitrogens with zero attached hydrogens (tertiary/aromatic N) is 4. The van der Waals surface area contributed by atoms with Crippen LogP contribution in [0.1, 0.15) is 17.0 Å². The molecule has 2 heterocycles. The summed E-state index contributed by atoms with van der Waals surface area (Å²) >= 11 is 0. The van der Waals surface area contributed by atoms with E-state index in [9.17, 15) is 9.59 Å². The van der Waals surface area contributed by atoms with Gasteiger partial charge >= 0.3 is 11.1 Å². The Kier molecular flexibility index (Phi) is 5.05. The molecule has 0 N–H and O–H groups in total. The fourth-order valence-electron chi connectivity index (χ4n) is 3.34. The van der Waals surface area contributed by atoms with E-state index >= 15 is 0 Å². The minimum Gasteiger partial charge on any atom is -0.497 e. The Morgan fingerprint density at radius 3 is 2.47 bits per heavy atom. The Labute approximate surface area is 172 Å². The van der Waals surface area contributed by atoms with E-state index in [0.717, 1.165) is 16.7 Å². The molecule has 30 heavy (non-hydrogen) atoms. The molecule has 2 aromatic carbocycles. The summed E-state index contributed by atoms with van der Waals surface area (Å²) in [5, 5.41) is 3.96. The molecule has 0 fully saturated rings. The molecular formula is C22H20N4O4. The van der Waals surface area contributed by atoms with Crippen LogP contribution in [0.15, 0.2) is 69.0 Å². The molecule has 0 aliphatic rings. The van der Waals surface area contributed by atoms with Crippen molar-refractivity contribution in [1.82, 2.24) is 19.3 Å². The van der Waals surface area contributed by atoms with E-state index in [-0.39, 0.29) is 12.4 Å². The third-order valence-electron chi connectivity index (χ3n) is 4.84. The van der Waals surface area contributed by atoms with E-state index in [1.165, 1.54) is 9.13 Å². The number of aryl methyl sites for hydroxylation is 2. The third-order valence-corrected chi connectivity index (χ3v) is 4.84. The molecule has 0 bridgehead atoms. The van der Waals surface area contributed by atoms with Crippen LogP contribution in [0.2, 0.25) is 0 Å². The highest BCUT2D eigenvalue weighted by Gasteiger charge is 2.14. The number of benzene rings is 2. The monoisotopic (exact) mass is 404 g/mol. The minimum absolute atomic E-state index is 0.00135. The summed E-state index contributed by atoms with van der Waals surface area (Å²) in [5.74, 6) is 1.27. The lowest BCUT2D eigenvalue weighted by Crippen LogP contribution is -2.40. The second kappa shape index (κ2) is 7.82. The van der Waals surface area contributed by atoms with Crippen molar-refractivity contribution in [3.05, 3.63) is 92.6 Å². The summed E-state index contributed by atoms with van der Waals surface area (Å²) in [7, 11) is 1.58. The highest BCUT2D eigenvalue weighted by atomic mass is 16.5. The van der Waals surface area contributed by atoms with Gasteiger partial charge in [-0.3, -0.25) is 18.7 Å². The minimum atomic E-state index is -0.665. The van der Waals surface area contributed by atoms with Gasteiger partial charge in [0.1, 0.15) is 12.3 Å². The van der Waals surface area contributed by atoms with Gasteiger partial charge in [0.2, 0.25) is 11.7 Å². The number of rotatable bonds is 5. The SMILES string of the molecule is COc1cccc(-c2noc(Cn3ccn(-c4c(C)cccc4C)c(=O)c3=O)n2)c1. The molecule has 152 valence electrons. The maximum atomic E-state index is 12.7. The third kappa shape index (κ3) is 3.55. The van der Waals surface area contributed by atoms with Gasteiger partial charge in [-0.15, -0.1) is 0 Å². The van der Waals surface area contributed by atoms with Crippen LogP contribution >= 0.6 is 0 Å². The van der Waals surface area contributed by atoms with Gasteiger partial charge < -0.3 is 9.26 Å². The van der Waals surface area contributed by atoms with Crippen molar-refractivity contribution < 1.29 is 9.26 Å². The molecule has 4 aromatic rings. The molecule has 0 amide bonds. The van der Waals surface area contributed by atoms with E-state index in [1.807, 2.05) is 50.2 Å². The zero-order chi connectivity index (χ0) is 21.3. The maximum absolute atomic E-state index is 12.7. The normalized spacial score (nSPS) is 10.9. The maximum Gasteiger partial charge on any atom is 0.321 e. The van der Waals surface area contributed by atoms with E-state index in [1.54, 1.807) is 25.6 Å². The number of hydrogen-bond acceptors (Lipinski definition) is 6. The largest absolute Gasteiger partial charge is 0.497 e. The Balaban J connectivity index is 1.65. The molecule has 4 rings (SSSR count). The zero-order valence-corrected chi connectivity index (χ0v) is 16.8. The number of ether oxygens (including phenoxy) is 1. The first-order valence-electron chi connectivity index (χ1n) is 9.33. The smallest absolute Gasteiger partial charge is 0.321 e. The van der Waals surface area contributed by atoms with Crippen molar-refractivity contribution in [3.63, 3.8) is 0 Å². The van der Waals surface area contributed by atoms with Crippen LogP contribution < -0.4 is 15.9 Å². The highest BCUT2D eigenvalue weighted by molar-refractivity contribution is 5.56. The summed E-state index contributed by atoms with van der Waals surface area (Å²) in [6, 6.07) is 13.0. The van der Waals surface area contributed by atoms with Crippen molar-refractivity contribution in [2.45, 2.75) is 20.4 Å². The van der Waals surface area contributed by atoms with Gasteiger partial charge in [-0.2, -0.15) is 4.98 Å². The standard InChI is InChI=1S/C22H20N4O4/c1-14-6-4-7-15(2)19(14)26-11-10-25(21(27)22(26)28)13-18-23-20(24-30-18)16-8-5-9-17(12-16)29-3/h4-12H,13H2,1-3H3. The molecule has 2 aromatic heterocycles. The summed E-state index contributed by atoms with van der Waals surface area (Å²) < 4.78 is 13.1. The van der Waals surface area contributed by atoms with Crippen LogP contribution in [-0.2, 0) is 6.54 Å². The summed E-state index contributed by atoms with van der Waals surface area (Å²) in [6.45, 7) is 3.80. The summed E-state index contributed by atoms with van der Waals surface area (Å²) in [4.78, 5) is 29.7.